The van der Waals surface area contributed by atoms with Crippen molar-refractivity contribution < 1.29 is 0 Å². The van der Waals surface area contributed by atoms with Crippen LogP contribution in [0.2, 0.25) is 0 Å². The van der Waals surface area contributed by atoms with Crippen LogP contribution in [0.15, 0.2) is 41.4 Å². The number of fused-ring (bicyclic) bond motifs is 1. The van der Waals surface area contributed by atoms with E-state index in [1.807, 2.05) is 28.8 Å². The number of aromatic nitrogens is 4. The molecule has 0 saturated carbocycles. The molecule has 0 radical (unpaired) electrons. The first kappa shape index (κ1) is 10.2. The zero-order chi connectivity index (χ0) is 11.8. The van der Waals surface area contributed by atoms with E-state index in [0.29, 0.717) is 16.1 Å². The minimum atomic E-state index is 0.410. The molecule has 84 valence electrons. The summed E-state index contributed by atoms with van der Waals surface area (Å²) >= 11 is 3.39. The molecular weight excluding hydrogens is 282 g/mol. The van der Waals surface area contributed by atoms with E-state index in [2.05, 4.69) is 30.9 Å². The van der Waals surface area contributed by atoms with E-state index >= 15 is 0 Å². The summed E-state index contributed by atoms with van der Waals surface area (Å²) in [5.74, 6) is 1.10. The molecule has 0 amide bonds. The van der Waals surface area contributed by atoms with Crippen molar-refractivity contribution in [2.45, 2.75) is 0 Å². The summed E-state index contributed by atoms with van der Waals surface area (Å²) in [5, 5.41) is 0. The quantitative estimate of drug-likeness (QED) is 0.745. The van der Waals surface area contributed by atoms with Gasteiger partial charge in [0.25, 0.3) is 0 Å². The van der Waals surface area contributed by atoms with Gasteiger partial charge in [-0.15, -0.1) is 0 Å². The zero-order valence-electron chi connectivity index (χ0n) is 8.71. The van der Waals surface area contributed by atoms with Crippen molar-refractivity contribution in [3.8, 4) is 5.82 Å². The van der Waals surface area contributed by atoms with Gasteiger partial charge in [0.2, 0.25) is 0 Å². The number of nitrogens with two attached hydrogens (primary N) is 1. The Bertz CT molecular complexity index is 691. The maximum absolute atomic E-state index is 5.74. The molecule has 0 fully saturated rings. The van der Waals surface area contributed by atoms with Crippen LogP contribution < -0.4 is 5.73 Å². The lowest BCUT2D eigenvalue weighted by Gasteiger charge is -2.06. The monoisotopic (exact) mass is 289 g/mol. The van der Waals surface area contributed by atoms with Gasteiger partial charge >= 0.3 is 0 Å². The molecule has 0 aliphatic carbocycles. The molecule has 3 rings (SSSR count). The van der Waals surface area contributed by atoms with Crippen molar-refractivity contribution in [3.05, 3.63) is 41.4 Å². The highest BCUT2D eigenvalue weighted by Gasteiger charge is 2.10. The molecule has 2 N–H and O–H groups in total. The summed E-state index contributed by atoms with van der Waals surface area (Å²) in [6.07, 6.45) is 3.15. The number of rotatable bonds is 1. The third-order valence-corrected chi connectivity index (χ3v) is 3.24. The average molecular weight is 290 g/mol. The molecule has 2 heterocycles. The lowest BCUT2D eigenvalue weighted by atomic mass is 10.3. The Kier molecular flexibility index (Phi) is 2.29. The standard InChI is InChI=1S/C11H8BrN5/c12-9-10(13)14-5-15-11(9)17-6-16-7-3-1-2-4-8(7)17/h1-6H,(H2,13,14,15). The Morgan fingerprint density at radius 2 is 1.94 bits per heavy atom. The van der Waals surface area contributed by atoms with Crippen LogP contribution in [0.1, 0.15) is 0 Å². The number of hydrogen-bond donors (Lipinski definition) is 1. The molecule has 1 aromatic carbocycles. The van der Waals surface area contributed by atoms with Crippen LogP contribution in [-0.4, -0.2) is 19.5 Å². The molecule has 0 atom stereocenters. The first-order valence-electron chi connectivity index (χ1n) is 4.96. The number of benzene rings is 1. The molecular formula is C11H8BrN5. The van der Waals surface area contributed by atoms with Crippen LogP contribution >= 0.6 is 15.9 Å². The van der Waals surface area contributed by atoms with Crippen molar-refractivity contribution in [1.82, 2.24) is 19.5 Å². The highest BCUT2D eigenvalue weighted by Crippen LogP contribution is 2.25. The fourth-order valence-electron chi connectivity index (χ4n) is 1.67. The normalized spacial score (nSPS) is 10.9. The van der Waals surface area contributed by atoms with Crippen LogP contribution in [-0.2, 0) is 0 Å². The van der Waals surface area contributed by atoms with Gasteiger partial charge in [-0.1, -0.05) is 12.1 Å². The summed E-state index contributed by atoms with van der Waals surface area (Å²) in [6.45, 7) is 0. The second-order valence-corrected chi connectivity index (χ2v) is 4.29. The van der Waals surface area contributed by atoms with Gasteiger partial charge in [0, 0.05) is 0 Å². The minimum absolute atomic E-state index is 0.410. The van der Waals surface area contributed by atoms with E-state index in [-0.39, 0.29) is 0 Å². The number of nitrogen functional groups attached to an aromatic ring is 1. The van der Waals surface area contributed by atoms with Crippen molar-refractivity contribution in [1.29, 1.82) is 0 Å². The maximum Gasteiger partial charge on any atom is 0.158 e. The first-order valence-corrected chi connectivity index (χ1v) is 5.75. The number of para-hydroxylation sites is 2. The molecule has 6 heteroatoms. The average Bonchev–Trinajstić information content (AvgIpc) is 2.77. The highest BCUT2D eigenvalue weighted by molar-refractivity contribution is 9.10. The molecule has 0 unspecified atom stereocenters. The predicted molar refractivity (Wildman–Crippen MR) is 68.8 cm³/mol. The molecule has 0 aliphatic rings. The van der Waals surface area contributed by atoms with Crippen LogP contribution in [0, 0.1) is 0 Å². The summed E-state index contributed by atoms with van der Waals surface area (Å²) < 4.78 is 2.54. The molecule has 0 aliphatic heterocycles. The van der Waals surface area contributed by atoms with E-state index in [1.165, 1.54) is 6.33 Å². The Hall–Kier alpha value is -1.95. The fourth-order valence-corrected chi connectivity index (χ4v) is 2.07. The van der Waals surface area contributed by atoms with Gasteiger partial charge in [-0.25, -0.2) is 15.0 Å². The van der Waals surface area contributed by atoms with Crippen LogP contribution in [0.3, 0.4) is 0 Å². The van der Waals surface area contributed by atoms with Gasteiger partial charge in [-0.05, 0) is 28.1 Å². The van der Waals surface area contributed by atoms with Gasteiger partial charge in [-0.3, -0.25) is 4.57 Å². The minimum Gasteiger partial charge on any atom is -0.383 e. The van der Waals surface area contributed by atoms with E-state index < -0.39 is 0 Å². The van der Waals surface area contributed by atoms with E-state index in [4.69, 9.17) is 5.73 Å². The number of halogens is 1. The van der Waals surface area contributed by atoms with Gasteiger partial charge in [0.1, 0.15) is 22.9 Å². The summed E-state index contributed by atoms with van der Waals surface area (Å²) in [6, 6.07) is 7.83. The van der Waals surface area contributed by atoms with Crippen molar-refractivity contribution >= 4 is 32.8 Å². The fraction of sp³-hybridized carbons (Fsp3) is 0. The first-order chi connectivity index (χ1) is 8.27. The van der Waals surface area contributed by atoms with Gasteiger partial charge in [0.05, 0.1) is 11.0 Å². The Balaban J connectivity index is 2.31. The molecule has 0 saturated heterocycles. The third-order valence-electron chi connectivity index (χ3n) is 2.48. The smallest absolute Gasteiger partial charge is 0.158 e. The van der Waals surface area contributed by atoms with E-state index in [9.17, 15) is 0 Å². The van der Waals surface area contributed by atoms with Gasteiger partial charge in [-0.2, -0.15) is 0 Å². The SMILES string of the molecule is Nc1ncnc(-n2cnc3ccccc32)c1Br. The number of hydrogen-bond acceptors (Lipinski definition) is 4. The predicted octanol–water partition coefficient (Wildman–Crippen LogP) is 2.16. The topological polar surface area (TPSA) is 69.6 Å². The summed E-state index contributed by atoms with van der Waals surface area (Å²) in [5.41, 5.74) is 7.63. The Morgan fingerprint density at radius 1 is 1.12 bits per heavy atom. The number of imidazole rings is 1. The van der Waals surface area contributed by atoms with Crippen LogP contribution in [0.4, 0.5) is 5.82 Å². The lowest BCUT2D eigenvalue weighted by Crippen LogP contribution is -2.01. The zero-order valence-corrected chi connectivity index (χ0v) is 10.3. The summed E-state index contributed by atoms with van der Waals surface area (Å²) in [7, 11) is 0. The van der Waals surface area contributed by atoms with Gasteiger partial charge in [0.15, 0.2) is 5.82 Å². The molecule has 0 spiro atoms. The van der Waals surface area contributed by atoms with E-state index in [1.54, 1.807) is 6.33 Å². The molecule has 17 heavy (non-hydrogen) atoms. The molecule has 2 aromatic heterocycles. The van der Waals surface area contributed by atoms with Crippen molar-refractivity contribution in [2.24, 2.45) is 0 Å². The Labute approximate surface area is 105 Å². The van der Waals surface area contributed by atoms with E-state index in [0.717, 1.165) is 11.0 Å². The van der Waals surface area contributed by atoms with Crippen molar-refractivity contribution in [3.63, 3.8) is 0 Å². The lowest BCUT2D eigenvalue weighted by molar-refractivity contribution is 0.988. The van der Waals surface area contributed by atoms with Crippen LogP contribution in [0.25, 0.3) is 16.9 Å². The second-order valence-electron chi connectivity index (χ2n) is 3.50. The number of nitrogens with zero attached hydrogens (tertiary/aromatic N) is 4. The molecule has 5 nitrogen and oxygen atoms in total. The summed E-state index contributed by atoms with van der Waals surface area (Å²) in [4.78, 5) is 12.4. The maximum atomic E-state index is 5.74. The number of anilines is 1. The molecule has 3 aromatic rings. The Morgan fingerprint density at radius 3 is 2.82 bits per heavy atom. The van der Waals surface area contributed by atoms with Crippen molar-refractivity contribution in [2.75, 3.05) is 5.73 Å². The molecule has 0 bridgehead atoms. The highest BCUT2D eigenvalue weighted by atomic mass is 79.9. The van der Waals surface area contributed by atoms with Crippen LogP contribution in [0.5, 0.6) is 0 Å². The second kappa shape index (κ2) is 3.81. The third kappa shape index (κ3) is 1.57. The largest absolute Gasteiger partial charge is 0.383 e. The van der Waals surface area contributed by atoms with Gasteiger partial charge < -0.3 is 5.73 Å².